The van der Waals surface area contributed by atoms with E-state index in [2.05, 4.69) is 44.9 Å². The van der Waals surface area contributed by atoms with E-state index in [1.54, 1.807) is 0 Å². The van der Waals surface area contributed by atoms with Gasteiger partial charge in [0.25, 0.3) is 0 Å². The van der Waals surface area contributed by atoms with Gasteiger partial charge in [0.05, 0.1) is 22.7 Å². The van der Waals surface area contributed by atoms with Crippen molar-refractivity contribution in [2.45, 2.75) is 43.6 Å². The second kappa shape index (κ2) is 9.70. The Kier molecular flexibility index (Phi) is 6.37. The summed E-state index contributed by atoms with van der Waals surface area (Å²) in [5, 5.41) is 9.36. The quantitative estimate of drug-likeness (QED) is 0.507. The van der Waals surface area contributed by atoms with E-state index < -0.39 is 11.6 Å². The van der Waals surface area contributed by atoms with Crippen molar-refractivity contribution in [3.05, 3.63) is 59.2 Å². The summed E-state index contributed by atoms with van der Waals surface area (Å²) in [5.41, 5.74) is 3.21. The van der Waals surface area contributed by atoms with Gasteiger partial charge in [-0.25, -0.2) is 13.8 Å². The second-order valence-corrected chi connectivity index (χ2v) is 11.2. The van der Waals surface area contributed by atoms with Crippen LogP contribution in [-0.2, 0) is 5.41 Å². The summed E-state index contributed by atoms with van der Waals surface area (Å²) in [6.07, 6.45) is 5.34. The lowest BCUT2D eigenvalue weighted by molar-refractivity contribution is 0.153. The molecule has 0 spiro atoms. The summed E-state index contributed by atoms with van der Waals surface area (Å²) >= 11 is 0. The number of nitrogens with zero attached hydrogens (tertiary/aromatic N) is 5. The van der Waals surface area contributed by atoms with Crippen molar-refractivity contribution in [2.75, 3.05) is 51.2 Å². The molecule has 1 aliphatic heterocycles. The molecule has 8 heteroatoms. The third kappa shape index (κ3) is 4.71. The number of piperazine rings is 1. The fourth-order valence-corrected chi connectivity index (χ4v) is 6.67. The predicted octanol–water partition coefficient (Wildman–Crippen LogP) is 4.67. The zero-order valence-electron chi connectivity index (χ0n) is 21.4. The maximum atomic E-state index is 13.9. The molecule has 0 radical (unpaired) electrons. The zero-order chi connectivity index (χ0) is 25.6. The van der Waals surface area contributed by atoms with Gasteiger partial charge in [0, 0.05) is 50.9 Å². The normalized spacial score (nSPS) is 26.1. The molecule has 0 bridgehead atoms. The molecule has 6 rings (SSSR count). The first kappa shape index (κ1) is 24.3. The summed E-state index contributed by atoms with van der Waals surface area (Å²) < 4.78 is 27.8. The maximum Gasteiger partial charge on any atom is 0.204 e. The molecule has 1 aromatic heterocycles. The second-order valence-electron chi connectivity index (χ2n) is 11.2. The smallest absolute Gasteiger partial charge is 0.204 e. The molecule has 3 aliphatic rings. The van der Waals surface area contributed by atoms with Crippen LogP contribution in [0.15, 0.2) is 36.4 Å². The van der Waals surface area contributed by atoms with Crippen molar-refractivity contribution in [1.29, 1.82) is 5.26 Å². The molecule has 2 aliphatic carbocycles. The Bertz CT molecular complexity index is 1280. The highest BCUT2D eigenvalue weighted by atomic mass is 19.2. The average molecular weight is 505 g/mol. The lowest BCUT2D eigenvalue weighted by Gasteiger charge is -2.38. The molecular weight excluding hydrogens is 470 g/mol. The van der Waals surface area contributed by atoms with E-state index in [1.807, 2.05) is 12.1 Å². The van der Waals surface area contributed by atoms with Crippen molar-refractivity contribution in [3.63, 3.8) is 0 Å². The number of anilines is 1. The molecule has 37 heavy (non-hydrogen) atoms. The first-order chi connectivity index (χ1) is 17.9. The number of aromatic nitrogens is 2. The number of halogens is 2. The highest BCUT2D eigenvalue weighted by Gasteiger charge is 2.58. The number of likely N-dealkylation sites (N-methyl/N-ethyl adjacent to an activating group) is 1. The van der Waals surface area contributed by atoms with Gasteiger partial charge in [-0.15, -0.1) is 0 Å². The zero-order valence-corrected chi connectivity index (χ0v) is 21.4. The lowest BCUT2D eigenvalue weighted by atomic mass is 9.80. The monoisotopic (exact) mass is 504 g/mol. The van der Waals surface area contributed by atoms with Gasteiger partial charge >= 0.3 is 0 Å². The van der Waals surface area contributed by atoms with Gasteiger partial charge in [0.2, 0.25) is 5.95 Å². The number of hydrogen-bond acceptors (Lipinski definition) is 5. The highest BCUT2D eigenvalue weighted by molar-refractivity contribution is 5.78. The fourth-order valence-electron chi connectivity index (χ4n) is 6.67. The lowest BCUT2D eigenvalue weighted by Crippen LogP contribution is -2.46. The van der Waals surface area contributed by atoms with Crippen molar-refractivity contribution in [2.24, 2.45) is 5.92 Å². The SMILES string of the molecule is CN1CCN(CCCN(c2nc3cc(F)c(F)cc3[nH]2)[C@@H]2CC[C@]3(c4cccc(C#N)c4)C[C@@H]3C2)CC1. The fraction of sp³-hybridized carbons (Fsp3) is 0.517. The maximum absolute atomic E-state index is 13.9. The molecule has 3 atom stereocenters. The van der Waals surface area contributed by atoms with E-state index >= 15 is 0 Å². The van der Waals surface area contributed by atoms with Crippen LogP contribution in [0.25, 0.3) is 11.0 Å². The van der Waals surface area contributed by atoms with Gasteiger partial charge in [0.1, 0.15) is 0 Å². The number of aromatic amines is 1. The Morgan fingerprint density at radius 3 is 2.76 bits per heavy atom. The Morgan fingerprint density at radius 2 is 1.97 bits per heavy atom. The molecule has 3 fully saturated rings. The minimum Gasteiger partial charge on any atom is -0.339 e. The molecule has 2 saturated carbocycles. The summed E-state index contributed by atoms with van der Waals surface area (Å²) in [6, 6.07) is 13.1. The van der Waals surface area contributed by atoms with Gasteiger partial charge in [-0.05, 0) is 74.7 Å². The molecule has 2 aromatic carbocycles. The van der Waals surface area contributed by atoms with Crippen LogP contribution in [0.5, 0.6) is 0 Å². The van der Waals surface area contributed by atoms with E-state index in [0.717, 1.165) is 76.9 Å². The number of benzene rings is 2. The van der Waals surface area contributed by atoms with Gasteiger partial charge in [-0.1, -0.05) is 12.1 Å². The molecule has 194 valence electrons. The van der Waals surface area contributed by atoms with Crippen LogP contribution in [0.4, 0.5) is 14.7 Å². The van der Waals surface area contributed by atoms with Crippen LogP contribution in [0.3, 0.4) is 0 Å². The standard InChI is InChI=1S/C29H34F2N6/c1-35-10-12-36(13-11-35)8-3-9-37(28-33-26-16-24(30)25(31)17-27(26)34-28)23-6-7-29(18-22(29)15-23)21-5-2-4-20(14-21)19-32/h2,4-5,14,16-17,22-23H,3,6-13,15,18H2,1H3,(H,33,34)/t22-,23+,29+/m0/s1. The molecule has 0 unspecified atom stereocenters. The number of H-pyrrole nitrogens is 1. The number of imidazole rings is 1. The number of nitrogens with one attached hydrogen (secondary N) is 1. The van der Waals surface area contributed by atoms with Crippen LogP contribution < -0.4 is 4.90 Å². The molecule has 2 heterocycles. The van der Waals surface area contributed by atoms with Crippen LogP contribution in [0.1, 0.15) is 43.2 Å². The first-order valence-corrected chi connectivity index (χ1v) is 13.5. The topological polar surface area (TPSA) is 62.2 Å². The third-order valence-electron chi connectivity index (χ3n) is 8.97. The number of nitriles is 1. The van der Waals surface area contributed by atoms with Gasteiger partial charge in [-0.2, -0.15) is 5.26 Å². The van der Waals surface area contributed by atoms with Gasteiger partial charge in [0.15, 0.2) is 11.6 Å². The summed E-state index contributed by atoms with van der Waals surface area (Å²) in [6.45, 7) is 6.28. The van der Waals surface area contributed by atoms with E-state index in [9.17, 15) is 14.0 Å². The van der Waals surface area contributed by atoms with Crippen LogP contribution in [0.2, 0.25) is 0 Å². The molecule has 1 N–H and O–H groups in total. The predicted molar refractivity (Wildman–Crippen MR) is 140 cm³/mol. The molecule has 1 saturated heterocycles. The number of hydrogen-bond donors (Lipinski definition) is 1. The van der Waals surface area contributed by atoms with E-state index in [-0.39, 0.29) is 5.41 Å². The Hall–Kier alpha value is -3.02. The van der Waals surface area contributed by atoms with Gasteiger partial charge < -0.3 is 19.7 Å². The van der Waals surface area contributed by atoms with Gasteiger partial charge in [-0.3, -0.25) is 0 Å². The molecule has 3 aromatic rings. The Morgan fingerprint density at radius 1 is 1.16 bits per heavy atom. The molecule has 6 nitrogen and oxygen atoms in total. The van der Waals surface area contributed by atoms with Crippen LogP contribution >= 0.6 is 0 Å². The number of fused-ring (bicyclic) bond motifs is 2. The molecular formula is C29H34F2N6. The summed E-state index contributed by atoms with van der Waals surface area (Å²) in [5.74, 6) is -0.431. The van der Waals surface area contributed by atoms with Crippen molar-refractivity contribution >= 4 is 17.0 Å². The van der Waals surface area contributed by atoms with Crippen LogP contribution in [-0.4, -0.2) is 72.1 Å². The number of rotatable bonds is 7. The Balaban J connectivity index is 1.20. The highest BCUT2D eigenvalue weighted by Crippen LogP contribution is 2.63. The van der Waals surface area contributed by atoms with Crippen molar-refractivity contribution in [1.82, 2.24) is 19.8 Å². The minimum absolute atomic E-state index is 0.189. The van der Waals surface area contributed by atoms with Crippen molar-refractivity contribution < 1.29 is 8.78 Å². The summed E-state index contributed by atoms with van der Waals surface area (Å²) in [4.78, 5) is 15.3. The average Bonchev–Trinajstić information content (AvgIpc) is 3.53. The van der Waals surface area contributed by atoms with Crippen molar-refractivity contribution in [3.8, 4) is 6.07 Å². The Labute approximate surface area is 216 Å². The minimum atomic E-state index is -0.868. The molecule has 0 amide bonds. The van der Waals surface area contributed by atoms with E-state index in [4.69, 9.17) is 4.98 Å². The largest absolute Gasteiger partial charge is 0.339 e. The van der Waals surface area contributed by atoms with E-state index in [0.29, 0.717) is 28.9 Å². The van der Waals surface area contributed by atoms with E-state index in [1.165, 1.54) is 17.7 Å². The summed E-state index contributed by atoms with van der Waals surface area (Å²) in [7, 11) is 2.17. The first-order valence-electron chi connectivity index (χ1n) is 13.5. The third-order valence-corrected chi connectivity index (χ3v) is 8.97. The van der Waals surface area contributed by atoms with Crippen LogP contribution in [0, 0.1) is 28.9 Å².